The maximum absolute atomic E-state index is 14.0. The summed E-state index contributed by atoms with van der Waals surface area (Å²) in [6.45, 7) is 4.20. The first-order chi connectivity index (χ1) is 17.5. The third-order valence-corrected chi connectivity index (χ3v) is 5.89. The Hall–Kier alpha value is -4.05. The number of ether oxygens (including phenoxy) is 2. The Morgan fingerprint density at radius 2 is 1.78 bits per heavy atom. The average Bonchev–Trinajstić information content (AvgIpc) is 3.21. The summed E-state index contributed by atoms with van der Waals surface area (Å²) in [5.74, 6) is 0.607. The van der Waals surface area contributed by atoms with Gasteiger partial charge in [-0.2, -0.15) is 9.78 Å². The van der Waals surface area contributed by atoms with Gasteiger partial charge < -0.3 is 14.4 Å². The molecule has 0 unspecified atom stereocenters. The molecule has 1 fully saturated rings. The number of anilines is 1. The lowest BCUT2D eigenvalue weighted by molar-refractivity contribution is 0.0344. The van der Waals surface area contributed by atoms with Gasteiger partial charge in [0.2, 0.25) is 0 Å². The molecule has 1 aliphatic heterocycles. The zero-order valence-electron chi connectivity index (χ0n) is 19.7. The van der Waals surface area contributed by atoms with Crippen LogP contribution in [0.15, 0.2) is 71.9 Å². The van der Waals surface area contributed by atoms with Crippen LogP contribution in [0.25, 0.3) is 5.69 Å². The highest BCUT2D eigenvalue weighted by Crippen LogP contribution is 2.27. The van der Waals surface area contributed by atoms with Crippen LogP contribution in [0.5, 0.6) is 11.5 Å². The van der Waals surface area contributed by atoms with Crippen molar-refractivity contribution in [1.29, 1.82) is 0 Å². The highest BCUT2D eigenvalue weighted by molar-refractivity contribution is 5.48. The van der Waals surface area contributed by atoms with Gasteiger partial charge in [-0.05, 0) is 48.9 Å². The summed E-state index contributed by atoms with van der Waals surface area (Å²) in [6, 6.07) is 14.0. The molecule has 8 nitrogen and oxygen atoms in total. The number of pyridine rings is 1. The summed E-state index contributed by atoms with van der Waals surface area (Å²) in [6.07, 6.45) is 4.19. The highest BCUT2D eigenvalue weighted by Gasteiger charge is 2.28. The monoisotopic (exact) mass is 493 g/mol. The van der Waals surface area contributed by atoms with Crippen LogP contribution in [-0.4, -0.2) is 45.1 Å². The summed E-state index contributed by atoms with van der Waals surface area (Å²) in [5, 5.41) is 4.08. The van der Waals surface area contributed by atoms with Crippen LogP contribution in [0.4, 0.5) is 14.6 Å². The van der Waals surface area contributed by atoms with E-state index in [-0.39, 0.29) is 18.2 Å². The SMILES string of the molecule is CCCOC1CN(c2cc(Oc3ccc(-n4ncn(Cc5c(F)cccc5F)c4=O)cc3)ccn2)C1. The molecule has 0 bridgehead atoms. The first kappa shape index (κ1) is 23.7. The molecule has 2 aromatic carbocycles. The Labute approximate surface area is 206 Å². The quantitative estimate of drug-likeness (QED) is 0.349. The van der Waals surface area contributed by atoms with E-state index in [2.05, 4.69) is 21.9 Å². The number of benzene rings is 2. The van der Waals surface area contributed by atoms with Gasteiger partial charge in [0.05, 0.1) is 18.3 Å². The minimum absolute atomic E-state index is 0.193. The van der Waals surface area contributed by atoms with Crippen molar-refractivity contribution in [1.82, 2.24) is 19.3 Å². The second-order valence-corrected chi connectivity index (χ2v) is 8.50. The molecule has 36 heavy (non-hydrogen) atoms. The normalized spacial score (nSPS) is 13.6. The highest BCUT2D eigenvalue weighted by atomic mass is 19.1. The third kappa shape index (κ3) is 4.99. The van der Waals surface area contributed by atoms with Gasteiger partial charge in [0.15, 0.2) is 0 Å². The molecular weight excluding hydrogens is 468 g/mol. The maximum Gasteiger partial charge on any atom is 0.350 e. The molecule has 4 aromatic rings. The van der Waals surface area contributed by atoms with Gasteiger partial charge in [-0.25, -0.2) is 18.6 Å². The smallest absolute Gasteiger partial charge is 0.350 e. The van der Waals surface area contributed by atoms with E-state index in [0.717, 1.165) is 53.3 Å². The molecule has 0 N–H and O–H groups in total. The number of aromatic nitrogens is 4. The molecule has 0 radical (unpaired) electrons. The number of halogens is 2. The Kier molecular flexibility index (Phi) is 6.77. The molecule has 0 amide bonds. The molecule has 1 aliphatic rings. The Morgan fingerprint density at radius 1 is 1.03 bits per heavy atom. The number of hydrogen-bond donors (Lipinski definition) is 0. The fourth-order valence-electron chi connectivity index (χ4n) is 3.92. The predicted octanol–water partition coefficient (Wildman–Crippen LogP) is 4.16. The molecule has 2 aromatic heterocycles. The molecule has 5 rings (SSSR count). The summed E-state index contributed by atoms with van der Waals surface area (Å²) in [5.41, 5.74) is -0.211. The van der Waals surface area contributed by atoms with Gasteiger partial charge in [0.1, 0.15) is 35.3 Å². The van der Waals surface area contributed by atoms with Crippen molar-refractivity contribution in [2.24, 2.45) is 0 Å². The van der Waals surface area contributed by atoms with Crippen LogP contribution in [0.2, 0.25) is 0 Å². The number of hydrogen-bond acceptors (Lipinski definition) is 6. The Morgan fingerprint density at radius 3 is 2.50 bits per heavy atom. The Bertz CT molecular complexity index is 1380. The van der Waals surface area contributed by atoms with Gasteiger partial charge in [-0.1, -0.05) is 13.0 Å². The van der Waals surface area contributed by atoms with Crippen molar-refractivity contribution in [3.05, 3.63) is 94.8 Å². The second-order valence-electron chi connectivity index (χ2n) is 8.50. The molecule has 3 heterocycles. The van der Waals surface area contributed by atoms with Gasteiger partial charge in [-0.15, -0.1) is 0 Å². The van der Waals surface area contributed by atoms with Crippen molar-refractivity contribution in [2.75, 3.05) is 24.6 Å². The largest absolute Gasteiger partial charge is 0.457 e. The van der Waals surface area contributed by atoms with E-state index >= 15 is 0 Å². The molecule has 0 saturated carbocycles. The molecule has 1 saturated heterocycles. The summed E-state index contributed by atoms with van der Waals surface area (Å²) < 4.78 is 41.9. The summed E-state index contributed by atoms with van der Waals surface area (Å²) in [4.78, 5) is 19.3. The van der Waals surface area contributed by atoms with Crippen molar-refractivity contribution in [3.8, 4) is 17.2 Å². The fraction of sp³-hybridized carbons (Fsp3) is 0.269. The molecular formula is C26H25F2N5O3. The van der Waals surface area contributed by atoms with Gasteiger partial charge in [0.25, 0.3) is 0 Å². The van der Waals surface area contributed by atoms with Crippen molar-refractivity contribution in [3.63, 3.8) is 0 Å². The Balaban J connectivity index is 1.25. The zero-order chi connectivity index (χ0) is 25.1. The first-order valence-corrected chi connectivity index (χ1v) is 11.7. The average molecular weight is 494 g/mol. The number of rotatable bonds is 9. The van der Waals surface area contributed by atoms with E-state index in [1.54, 1.807) is 36.5 Å². The summed E-state index contributed by atoms with van der Waals surface area (Å²) >= 11 is 0. The standard InChI is InChI=1S/C26H25F2N5O3/c1-2-12-35-21-14-31(15-21)25-13-20(10-11-29-25)36-19-8-6-18(7-9-19)33-26(34)32(17-30-33)16-22-23(27)4-3-5-24(22)28/h3-11,13,17,21H,2,12,14-16H2,1H3. The summed E-state index contributed by atoms with van der Waals surface area (Å²) in [7, 11) is 0. The predicted molar refractivity (Wildman–Crippen MR) is 130 cm³/mol. The topological polar surface area (TPSA) is 74.4 Å². The minimum atomic E-state index is -0.714. The second kappa shape index (κ2) is 10.3. The first-order valence-electron chi connectivity index (χ1n) is 11.7. The lowest BCUT2D eigenvalue weighted by Crippen LogP contribution is -2.52. The van der Waals surface area contributed by atoms with Crippen LogP contribution in [-0.2, 0) is 11.3 Å². The molecule has 0 aliphatic carbocycles. The molecule has 186 valence electrons. The van der Waals surface area contributed by atoms with Crippen LogP contribution < -0.4 is 15.3 Å². The van der Waals surface area contributed by atoms with Crippen molar-refractivity contribution < 1.29 is 18.3 Å². The van der Waals surface area contributed by atoms with Crippen molar-refractivity contribution >= 4 is 5.82 Å². The van der Waals surface area contributed by atoms with Crippen LogP contribution in [0.3, 0.4) is 0 Å². The fourth-order valence-corrected chi connectivity index (χ4v) is 3.92. The van der Waals surface area contributed by atoms with E-state index in [1.807, 2.05) is 6.07 Å². The molecule has 10 heteroatoms. The molecule has 0 spiro atoms. The van der Waals surface area contributed by atoms with Crippen LogP contribution in [0.1, 0.15) is 18.9 Å². The van der Waals surface area contributed by atoms with Crippen molar-refractivity contribution in [2.45, 2.75) is 26.0 Å². The van der Waals surface area contributed by atoms with E-state index in [9.17, 15) is 13.6 Å². The van der Waals surface area contributed by atoms with E-state index in [1.165, 1.54) is 12.4 Å². The molecule has 0 atom stereocenters. The van der Waals surface area contributed by atoms with E-state index in [0.29, 0.717) is 17.2 Å². The lowest BCUT2D eigenvalue weighted by atomic mass is 10.1. The minimum Gasteiger partial charge on any atom is -0.457 e. The van der Waals surface area contributed by atoms with Crippen LogP contribution in [0, 0.1) is 11.6 Å². The lowest BCUT2D eigenvalue weighted by Gasteiger charge is -2.39. The van der Waals surface area contributed by atoms with E-state index < -0.39 is 17.3 Å². The zero-order valence-corrected chi connectivity index (χ0v) is 19.7. The third-order valence-electron chi connectivity index (χ3n) is 5.89. The van der Waals surface area contributed by atoms with E-state index in [4.69, 9.17) is 9.47 Å². The van der Waals surface area contributed by atoms with Gasteiger partial charge in [-0.3, -0.25) is 4.57 Å². The number of nitrogens with zero attached hydrogens (tertiary/aromatic N) is 5. The van der Waals surface area contributed by atoms with Gasteiger partial charge >= 0.3 is 5.69 Å². The van der Waals surface area contributed by atoms with Crippen LogP contribution >= 0.6 is 0 Å². The maximum atomic E-state index is 14.0. The van der Waals surface area contributed by atoms with Gasteiger partial charge in [0, 0.05) is 37.5 Å².